The van der Waals surface area contributed by atoms with Crippen LogP contribution in [0.4, 0.5) is 4.79 Å². The average molecular weight is 197 g/mol. The third-order valence-electron chi connectivity index (χ3n) is 2.75. The molecule has 4 heteroatoms. The van der Waals surface area contributed by atoms with Crippen LogP contribution >= 0.6 is 0 Å². The van der Waals surface area contributed by atoms with Crippen LogP contribution < -0.4 is 10.6 Å². The summed E-state index contributed by atoms with van der Waals surface area (Å²) in [5, 5.41) is 6.44. The van der Waals surface area contributed by atoms with Gasteiger partial charge in [-0.1, -0.05) is 0 Å². The maximum Gasteiger partial charge on any atom is 0.317 e. The molecule has 1 aliphatic carbocycles. The van der Waals surface area contributed by atoms with Crippen LogP contribution in [0.25, 0.3) is 0 Å². The molecule has 4 nitrogen and oxygen atoms in total. The molecule has 2 N–H and O–H groups in total. The molecule has 2 aliphatic rings. The van der Waals surface area contributed by atoms with Crippen molar-refractivity contribution in [3.63, 3.8) is 0 Å². The predicted molar refractivity (Wildman–Crippen MR) is 55.2 cm³/mol. The Bertz CT molecular complexity index is 217. The van der Waals surface area contributed by atoms with Gasteiger partial charge in [-0.05, 0) is 26.7 Å². The van der Waals surface area contributed by atoms with Crippen molar-refractivity contribution in [3.05, 3.63) is 0 Å². The van der Waals surface area contributed by atoms with Crippen LogP contribution in [0.2, 0.25) is 0 Å². The second-order valence-electron chi connectivity index (χ2n) is 4.60. The van der Waals surface area contributed by atoms with E-state index >= 15 is 0 Å². The van der Waals surface area contributed by atoms with Gasteiger partial charge >= 0.3 is 6.03 Å². The van der Waals surface area contributed by atoms with Crippen molar-refractivity contribution >= 4 is 6.03 Å². The molecule has 1 aliphatic heterocycles. The largest absolute Gasteiger partial charge is 0.335 e. The number of nitrogens with one attached hydrogen (secondary N) is 2. The number of carbonyl (C=O) groups is 1. The smallest absolute Gasteiger partial charge is 0.317 e. The van der Waals surface area contributed by atoms with Crippen LogP contribution in [-0.2, 0) is 0 Å². The normalized spacial score (nSPS) is 32.9. The lowest BCUT2D eigenvalue weighted by atomic mass is 10.1. The van der Waals surface area contributed by atoms with E-state index in [4.69, 9.17) is 0 Å². The standard InChI is InChI=1S/C10H19N3O/c1-7-5-13(6-8(2)11-7)10(14)12-9-3-4-9/h7-9,11H,3-6H2,1-2H3,(H,12,14). The van der Waals surface area contributed by atoms with Crippen molar-refractivity contribution in [2.45, 2.75) is 44.8 Å². The number of hydrogen-bond donors (Lipinski definition) is 2. The molecule has 2 rings (SSSR count). The van der Waals surface area contributed by atoms with Gasteiger partial charge in [0.1, 0.15) is 0 Å². The highest BCUT2D eigenvalue weighted by Gasteiger charge is 2.29. The van der Waals surface area contributed by atoms with Crippen LogP contribution in [0, 0.1) is 0 Å². The van der Waals surface area contributed by atoms with Crippen LogP contribution in [-0.4, -0.2) is 42.1 Å². The number of nitrogens with zero attached hydrogens (tertiary/aromatic N) is 1. The fraction of sp³-hybridized carbons (Fsp3) is 0.900. The third-order valence-corrected chi connectivity index (χ3v) is 2.75. The number of carbonyl (C=O) groups excluding carboxylic acids is 1. The summed E-state index contributed by atoms with van der Waals surface area (Å²) in [6, 6.07) is 1.39. The second-order valence-corrected chi connectivity index (χ2v) is 4.60. The highest BCUT2D eigenvalue weighted by Crippen LogP contribution is 2.19. The first-order valence-corrected chi connectivity index (χ1v) is 5.46. The van der Waals surface area contributed by atoms with Crippen LogP contribution in [0.5, 0.6) is 0 Å². The van der Waals surface area contributed by atoms with Gasteiger partial charge in [0.25, 0.3) is 0 Å². The molecule has 0 radical (unpaired) electrons. The highest BCUT2D eigenvalue weighted by molar-refractivity contribution is 5.75. The first kappa shape index (κ1) is 9.77. The molecule has 0 aromatic rings. The summed E-state index contributed by atoms with van der Waals surface area (Å²) in [6.45, 7) is 5.88. The van der Waals surface area contributed by atoms with Gasteiger partial charge in [-0.15, -0.1) is 0 Å². The van der Waals surface area contributed by atoms with Crippen molar-refractivity contribution in [1.29, 1.82) is 0 Å². The van der Waals surface area contributed by atoms with Crippen molar-refractivity contribution < 1.29 is 4.79 Å². The summed E-state index contributed by atoms with van der Waals surface area (Å²) in [5.41, 5.74) is 0. The zero-order valence-corrected chi connectivity index (χ0v) is 8.92. The minimum Gasteiger partial charge on any atom is -0.335 e. The lowest BCUT2D eigenvalue weighted by Gasteiger charge is -2.36. The Morgan fingerprint density at radius 3 is 2.36 bits per heavy atom. The van der Waals surface area contributed by atoms with E-state index in [-0.39, 0.29) is 6.03 Å². The van der Waals surface area contributed by atoms with Gasteiger partial charge in [0.2, 0.25) is 0 Å². The Morgan fingerprint density at radius 1 is 1.29 bits per heavy atom. The molecule has 1 saturated heterocycles. The summed E-state index contributed by atoms with van der Waals surface area (Å²) in [5.74, 6) is 0. The summed E-state index contributed by atoms with van der Waals surface area (Å²) >= 11 is 0. The maximum absolute atomic E-state index is 11.7. The summed E-state index contributed by atoms with van der Waals surface area (Å²) in [7, 11) is 0. The minimum atomic E-state index is 0.118. The zero-order chi connectivity index (χ0) is 10.1. The third kappa shape index (κ3) is 2.38. The molecular weight excluding hydrogens is 178 g/mol. The molecule has 2 unspecified atom stereocenters. The second kappa shape index (κ2) is 3.77. The summed E-state index contributed by atoms with van der Waals surface area (Å²) in [6.07, 6.45) is 2.31. The molecule has 1 heterocycles. The molecule has 2 amide bonds. The van der Waals surface area contributed by atoms with Gasteiger partial charge in [-0.25, -0.2) is 4.79 Å². The molecule has 2 fully saturated rings. The molecule has 0 aromatic carbocycles. The van der Waals surface area contributed by atoms with Gasteiger partial charge in [-0.2, -0.15) is 0 Å². The molecule has 0 aromatic heterocycles. The molecule has 80 valence electrons. The lowest BCUT2D eigenvalue weighted by molar-refractivity contribution is 0.164. The lowest BCUT2D eigenvalue weighted by Crippen LogP contribution is -2.58. The Labute approximate surface area is 85.0 Å². The van der Waals surface area contributed by atoms with Crippen LogP contribution in [0.1, 0.15) is 26.7 Å². The molecular formula is C10H19N3O. The molecule has 1 saturated carbocycles. The predicted octanol–water partition coefficient (Wildman–Crippen LogP) is 0.541. The van der Waals surface area contributed by atoms with Gasteiger partial charge in [0.15, 0.2) is 0 Å². The average Bonchev–Trinajstić information content (AvgIpc) is 2.86. The quantitative estimate of drug-likeness (QED) is 0.644. The van der Waals surface area contributed by atoms with Gasteiger partial charge in [0, 0.05) is 31.2 Å². The van der Waals surface area contributed by atoms with Crippen LogP contribution in [0.15, 0.2) is 0 Å². The molecule has 2 atom stereocenters. The van der Waals surface area contributed by atoms with E-state index < -0.39 is 0 Å². The van der Waals surface area contributed by atoms with E-state index in [1.165, 1.54) is 0 Å². The van der Waals surface area contributed by atoms with Crippen LogP contribution in [0.3, 0.4) is 0 Å². The van der Waals surface area contributed by atoms with Crippen molar-refractivity contribution in [3.8, 4) is 0 Å². The monoisotopic (exact) mass is 197 g/mol. The minimum absolute atomic E-state index is 0.118. The number of urea groups is 1. The molecule has 14 heavy (non-hydrogen) atoms. The van der Waals surface area contributed by atoms with Gasteiger partial charge in [-0.3, -0.25) is 0 Å². The highest BCUT2D eigenvalue weighted by atomic mass is 16.2. The van der Waals surface area contributed by atoms with E-state index in [9.17, 15) is 4.79 Å². The molecule has 0 bridgehead atoms. The first-order valence-electron chi connectivity index (χ1n) is 5.46. The topological polar surface area (TPSA) is 44.4 Å². The van der Waals surface area contributed by atoms with Crippen molar-refractivity contribution in [2.75, 3.05) is 13.1 Å². The van der Waals surface area contributed by atoms with E-state index in [0.29, 0.717) is 18.1 Å². The SMILES string of the molecule is CC1CN(C(=O)NC2CC2)CC(C)N1. The Balaban J connectivity index is 1.85. The van der Waals surface area contributed by atoms with E-state index in [1.54, 1.807) is 0 Å². The van der Waals surface area contributed by atoms with Gasteiger partial charge < -0.3 is 15.5 Å². The van der Waals surface area contributed by atoms with E-state index in [0.717, 1.165) is 25.9 Å². The first-order chi connectivity index (χ1) is 6.65. The van der Waals surface area contributed by atoms with E-state index in [2.05, 4.69) is 24.5 Å². The number of piperazine rings is 1. The summed E-state index contributed by atoms with van der Waals surface area (Å²) in [4.78, 5) is 13.6. The number of amides is 2. The van der Waals surface area contributed by atoms with Crippen molar-refractivity contribution in [1.82, 2.24) is 15.5 Å². The number of rotatable bonds is 1. The zero-order valence-electron chi connectivity index (χ0n) is 8.92. The maximum atomic E-state index is 11.7. The van der Waals surface area contributed by atoms with Gasteiger partial charge in [0.05, 0.1) is 0 Å². The fourth-order valence-corrected chi connectivity index (χ4v) is 1.99. The fourth-order valence-electron chi connectivity index (χ4n) is 1.99. The Morgan fingerprint density at radius 2 is 1.86 bits per heavy atom. The Hall–Kier alpha value is -0.770. The summed E-state index contributed by atoms with van der Waals surface area (Å²) < 4.78 is 0. The van der Waals surface area contributed by atoms with Crippen molar-refractivity contribution in [2.24, 2.45) is 0 Å². The van der Waals surface area contributed by atoms with E-state index in [1.807, 2.05) is 4.90 Å². The number of hydrogen-bond acceptors (Lipinski definition) is 2. The molecule has 0 spiro atoms. The Kier molecular flexibility index (Phi) is 2.63.